The van der Waals surface area contributed by atoms with E-state index in [0.717, 1.165) is 35.5 Å². The molecule has 1 aromatic heterocycles. The second-order valence-corrected chi connectivity index (χ2v) is 5.18. The third-order valence-electron chi connectivity index (χ3n) is 3.72. The number of nitrogen functional groups attached to an aromatic ring is 1. The summed E-state index contributed by atoms with van der Waals surface area (Å²) in [5.74, 6) is 0.726. The molecule has 2 N–H and O–H groups in total. The number of nitrogens with zero attached hydrogens (tertiary/aromatic N) is 2. The second kappa shape index (κ2) is 5.83. The maximum Gasteiger partial charge on any atom is 0.129 e. The molecule has 3 heteroatoms. The molecule has 0 radical (unpaired) electrons. The fourth-order valence-electron chi connectivity index (χ4n) is 2.60. The Morgan fingerprint density at radius 3 is 2.19 bits per heavy atom. The smallest absolute Gasteiger partial charge is 0.129 e. The molecule has 0 saturated heterocycles. The third kappa shape index (κ3) is 2.82. The zero-order chi connectivity index (χ0) is 14.7. The summed E-state index contributed by atoms with van der Waals surface area (Å²) in [6.07, 6.45) is 1.86. The summed E-state index contributed by atoms with van der Waals surface area (Å²) in [6, 6.07) is 20.7. The lowest BCUT2D eigenvalue weighted by Gasteiger charge is -2.04. The van der Waals surface area contributed by atoms with Gasteiger partial charge in [0.25, 0.3) is 0 Å². The van der Waals surface area contributed by atoms with Crippen molar-refractivity contribution in [2.24, 2.45) is 7.05 Å². The lowest BCUT2D eigenvalue weighted by molar-refractivity contribution is 0.745. The van der Waals surface area contributed by atoms with Gasteiger partial charge in [-0.3, -0.25) is 4.68 Å². The SMILES string of the molecule is Cn1nc(CCc2ccccc2)c(-c2ccccc2)c1N. The van der Waals surface area contributed by atoms with E-state index in [1.165, 1.54) is 5.56 Å². The van der Waals surface area contributed by atoms with E-state index in [1.807, 2.05) is 31.3 Å². The Labute approximate surface area is 125 Å². The summed E-state index contributed by atoms with van der Waals surface area (Å²) in [5, 5.41) is 4.59. The van der Waals surface area contributed by atoms with Crippen LogP contribution in [0.25, 0.3) is 11.1 Å². The highest BCUT2D eigenvalue weighted by Crippen LogP contribution is 2.29. The monoisotopic (exact) mass is 277 g/mol. The maximum atomic E-state index is 6.20. The van der Waals surface area contributed by atoms with Crippen molar-refractivity contribution in [3.8, 4) is 11.1 Å². The van der Waals surface area contributed by atoms with Gasteiger partial charge in [0.15, 0.2) is 0 Å². The number of anilines is 1. The summed E-state index contributed by atoms with van der Waals surface area (Å²) < 4.78 is 1.77. The predicted molar refractivity (Wildman–Crippen MR) is 86.9 cm³/mol. The minimum absolute atomic E-state index is 0.726. The van der Waals surface area contributed by atoms with Gasteiger partial charge in [-0.05, 0) is 24.0 Å². The maximum absolute atomic E-state index is 6.20. The van der Waals surface area contributed by atoms with Crippen molar-refractivity contribution in [1.29, 1.82) is 0 Å². The van der Waals surface area contributed by atoms with Crippen molar-refractivity contribution in [2.75, 3.05) is 5.73 Å². The topological polar surface area (TPSA) is 43.8 Å². The lowest BCUT2D eigenvalue weighted by Crippen LogP contribution is -1.98. The van der Waals surface area contributed by atoms with Gasteiger partial charge in [0.05, 0.1) is 5.69 Å². The van der Waals surface area contributed by atoms with E-state index in [0.29, 0.717) is 0 Å². The lowest BCUT2D eigenvalue weighted by atomic mass is 10.0. The molecular formula is C18H19N3. The number of nitrogens with two attached hydrogens (primary N) is 1. The van der Waals surface area contributed by atoms with E-state index in [9.17, 15) is 0 Å². The summed E-state index contributed by atoms with van der Waals surface area (Å²) in [4.78, 5) is 0. The number of benzene rings is 2. The first-order valence-electron chi connectivity index (χ1n) is 7.16. The fourth-order valence-corrected chi connectivity index (χ4v) is 2.60. The van der Waals surface area contributed by atoms with Crippen LogP contribution in [0, 0.1) is 0 Å². The van der Waals surface area contributed by atoms with E-state index in [1.54, 1.807) is 4.68 Å². The quantitative estimate of drug-likeness (QED) is 0.793. The molecule has 3 nitrogen and oxygen atoms in total. The summed E-state index contributed by atoms with van der Waals surface area (Å²) in [7, 11) is 1.90. The molecule has 0 aliphatic heterocycles. The largest absolute Gasteiger partial charge is 0.383 e. The van der Waals surface area contributed by atoms with Crippen LogP contribution in [-0.4, -0.2) is 9.78 Å². The van der Waals surface area contributed by atoms with E-state index in [4.69, 9.17) is 5.73 Å². The van der Waals surface area contributed by atoms with Gasteiger partial charge >= 0.3 is 0 Å². The molecule has 0 atom stereocenters. The fraction of sp³-hybridized carbons (Fsp3) is 0.167. The zero-order valence-electron chi connectivity index (χ0n) is 12.2. The molecule has 3 aromatic rings. The Bertz CT molecular complexity index is 715. The van der Waals surface area contributed by atoms with E-state index < -0.39 is 0 Å². The molecule has 0 saturated carbocycles. The van der Waals surface area contributed by atoms with Crippen LogP contribution in [0.2, 0.25) is 0 Å². The number of aryl methyl sites for hydroxylation is 3. The molecule has 0 fully saturated rings. The van der Waals surface area contributed by atoms with Gasteiger partial charge in [-0.2, -0.15) is 5.10 Å². The van der Waals surface area contributed by atoms with Crippen molar-refractivity contribution in [3.63, 3.8) is 0 Å². The van der Waals surface area contributed by atoms with Crippen LogP contribution in [0.4, 0.5) is 5.82 Å². The van der Waals surface area contributed by atoms with Gasteiger partial charge in [-0.25, -0.2) is 0 Å². The van der Waals surface area contributed by atoms with Crippen LogP contribution in [-0.2, 0) is 19.9 Å². The van der Waals surface area contributed by atoms with Crippen LogP contribution < -0.4 is 5.73 Å². The van der Waals surface area contributed by atoms with E-state index in [-0.39, 0.29) is 0 Å². The number of hydrogen-bond donors (Lipinski definition) is 1. The van der Waals surface area contributed by atoms with Gasteiger partial charge in [0, 0.05) is 12.6 Å². The van der Waals surface area contributed by atoms with Crippen molar-refractivity contribution in [1.82, 2.24) is 9.78 Å². The highest BCUT2D eigenvalue weighted by Gasteiger charge is 2.15. The van der Waals surface area contributed by atoms with Crippen LogP contribution >= 0.6 is 0 Å². The van der Waals surface area contributed by atoms with Crippen molar-refractivity contribution in [3.05, 3.63) is 71.9 Å². The highest BCUT2D eigenvalue weighted by molar-refractivity contribution is 5.76. The Kier molecular flexibility index (Phi) is 3.73. The van der Waals surface area contributed by atoms with E-state index >= 15 is 0 Å². The van der Waals surface area contributed by atoms with Gasteiger partial charge in [0.2, 0.25) is 0 Å². The summed E-state index contributed by atoms with van der Waals surface area (Å²) >= 11 is 0. The molecule has 0 spiro atoms. The normalized spacial score (nSPS) is 10.7. The van der Waals surface area contributed by atoms with Gasteiger partial charge in [-0.15, -0.1) is 0 Å². The molecule has 0 unspecified atom stereocenters. The van der Waals surface area contributed by atoms with Gasteiger partial charge in [0.1, 0.15) is 5.82 Å². The highest BCUT2D eigenvalue weighted by atomic mass is 15.3. The van der Waals surface area contributed by atoms with Crippen molar-refractivity contribution >= 4 is 5.82 Å². The third-order valence-corrected chi connectivity index (χ3v) is 3.72. The first kappa shape index (κ1) is 13.4. The van der Waals surface area contributed by atoms with Crippen LogP contribution in [0.1, 0.15) is 11.3 Å². The van der Waals surface area contributed by atoms with Crippen molar-refractivity contribution in [2.45, 2.75) is 12.8 Å². The molecule has 106 valence electrons. The molecule has 3 rings (SSSR count). The minimum atomic E-state index is 0.726. The van der Waals surface area contributed by atoms with Gasteiger partial charge in [-0.1, -0.05) is 60.7 Å². The Morgan fingerprint density at radius 2 is 1.52 bits per heavy atom. The van der Waals surface area contributed by atoms with Gasteiger partial charge < -0.3 is 5.73 Å². The minimum Gasteiger partial charge on any atom is -0.383 e. The van der Waals surface area contributed by atoms with Crippen molar-refractivity contribution < 1.29 is 0 Å². The number of hydrogen-bond acceptors (Lipinski definition) is 2. The summed E-state index contributed by atoms with van der Waals surface area (Å²) in [5.41, 5.74) is 10.8. The molecule has 1 heterocycles. The number of rotatable bonds is 4. The van der Waals surface area contributed by atoms with E-state index in [2.05, 4.69) is 41.5 Å². The van der Waals surface area contributed by atoms with Crippen LogP contribution in [0.3, 0.4) is 0 Å². The summed E-state index contributed by atoms with van der Waals surface area (Å²) in [6.45, 7) is 0. The molecule has 0 amide bonds. The Morgan fingerprint density at radius 1 is 0.905 bits per heavy atom. The average Bonchev–Trinajstić information content (AvgIpc) is 2.82. The Hall–Kier alpha value is -2.55. The predicted octanol–water partition coefficient (Wildman–Crippen LogP) is 3.45. The average molecular weight is 277 g/mol. The van der Waals surface area contributed by atoms with Crippen LogP contribution in [0.15, 0.2) is 60.7 Å². The Balaban J connectivity index is 1.91. The first-order chi connectivity index (χ1) is 10.3. The molecule has 0 aliphatic carbocycles. The molecule has 0 bridgehead atoms. The molecule has 2 aromatic carbocycles. The molecule has 21 heavy (non-hydrogen) atoms. The standard InChI is InChI=1S/C18H19N3/c1-21-18(19)17(15-10-6-3-7-11-15)16(20-21)13-12-14-8-4-2-5-9-14/h2-11H,12-13,19H2,1H3. The molecule has 0 aliphatic rings. The van der Waals surface area contributed by atoms with Crippen LogP contribution in [0.5, 0.6) is 0 Å². The molecular weight excluding hydrogens is 258 g/mol. The zero-order valence-corrected chi connectivity index (χ0v) is 12.2. The number of aromatic nitrogens is 2. The first-order valence-corrected chi connectivity index (χ1v) is 7.16. The second-order valence-electron chi connectivity index (χ2n) is 5.18.